The summed E-state index contributed by atoms with van der Waals surface area (Å²) < 4.78 is 63.6. The van der Waals surface area contributed by atoms with Crippen molar-refractivity contribution in [2.24, 2.45) is 0 Å². The summed E-state index contributed by atoms with van der Waals surface area (Å²) >= 11 is 0. The second kappa shape index (κ2) is 32.2. The second-order valence-corrected chi connectivity index (χ2v) is 33.4. The third-order valence-corrected chi connectivity index (χ3v) is 20.0. The second-order valence-electron chi connectivity index (χ2n) is 20.8. The number of nitrogens with two attached hydrogens (primary N) is 1. The average Bonchev–Trinajstić information content (AvgIpc) is 3.57. The molecule has 27 heteroatoms. The fourth-order valence-electron chi connectivity index (χ4n) is 8.09. The molecule has 5 N–H and O–H groups in total. The van der Waals surface area contributed by atoms with Crippen LogP contribution in [0.2, 0.25) is 39.3 Å². The minimum atomic E-state index is -4.07. The third kappa shape index (κ3) is 25.4. The van der Waals surface area contributed by atoms with E-state index < -0.39 is 88.6 Å². The molecule has 73 heavy (non-hydrogen) atoms. The Balaban J connectivity index is 1.96. The van der Waals surface area contributed by atoms with E-state index in [-0.39, 0.29) is 75.9 Å². The fraction of sp³-hybridized carbons (Fsp3) is 0.826. The van der Waals surface area contributed by atoms with Crippen LogP contribution >= 0.6 is 8.53 Å². The van der Waals surface area contributed by atoms with E-state index in [0.29, 0.717) is 0 Å². The number of aromatic nitrogens is 2. The molecule has 0 spiro atoms. The highest BCUT2D eigenvalue weighted by Crippen LogP contribution is 2.41. The van der Waals surface area contributed by atoms with Crippen molar-refractivity contribution in [1.29, 1.82) is 0 Å². The van der Waals surface area contributed by atoms with Crippen LogP contribution in [0.4, 0.5) is 10.6 Å². The number of ether oxygens (including phenoxy) is 5. The van der Waals surface area contributed by atoms with Crippen LogP contribution in [0.3, 0.4) is 0 Å². The Bertz CT molecular complexity index is 1860. The first-order chi connectivity index (χ1) is 34.3. The van der Waals surface area contributed by atoms with Crippen molar-refractivity contribution >= 4 is 63.8 Å². The molecule has 2 aliphatic rings. The number of hydrogen-bond acceptors (Lipinski definition) is 21. The van der Waals surface area contributed by atoms with Gasteiger partial charge >= 0.3 is 32.8 Å². The Hall–Kier alpha value is -2.64. The number of amides is 1. The molecule has 2 heterocycles. The van der Waals surface area contributed by atoms with Gasteiger partial charge in [0.1, 0.15) is 30.5 Å². The zero-order valence-electron chi connectivity index (χ0n) is 45.3. The van der Waals surface area contributed by atoms with E-state index >= 15 is 0 Å². The SMILES string of the molecule is CC(=O)CC(OCCOCCNC(=O)O[C@@H]1[C@H](OP(O)NOCN(C(C)C)C(C)C)[C@@H](CO[Si](OC2CCCCCCCCCCC2)(O[Si](C)(C)C)O[Si](C)(C)C)O[C@H]1n1ccc(N)nc1=O)C(=O)OC(C)=O. The lowest BCUT2D eigenvalue weighted by Gasteiger charge is -2.40. The van der Waals surface area contributed by atoms with Crippen molar-refractivity contribution in [2.45, 2.75) is 207 Å². The van der Waals surface area contributed by atoms with Crippen molar-refractivity contribution in [1.82, 2.24) is 25.0 Å². The molecule has 6 atom stereocenters. The van der Waals surface area contributed by atoms with Gasteiger partial charge in [0.15, 0.2) is 35.1 Å². The first-order valence-electron chi connectivity index (χ1n) is 25.6. The van der Waals surface area contributed by atoms with Gasteiger partial charge in [0, 0.05) is 38.2 Å². The number of rotatable bonds is 29. The van der Waals surface area contributed by atoms with E-state index in [4.69, 9.17) is 51.1 Å². The van der Waals surface area contributed by atoms with Crippen molar-refractivity contribution < 1.29 is 74.2 Å². The number of Topliss-reactive ketones (excluding diaryl/α,β-unsaturated/α-hetero) is 1. The van der Waals surface area contributed by atoms with Crippen LogP contribution in [-0.4, -0.2) is 151 Å². The van der Waals surface area contributed by atoms with Crippen molar-refractivity contribution in [3.05, 3.63) is 22.7 Å². The topological polar surface area (TPSA) is 278 Å². The predicted molar refractivity (Wildman–Crippen MR) is 279 cm³/mol. The van der Waals surface area contributed by atoms with Crippen LogP contribution in [0.1, 0.15) is 125 Å². The van der Waals surface area contributed by atoms with Gasteiger partial charge in [-0.3, -0.25) is 23.9 Å². The maximum Gasteiger partial charge on any atom is 0.658 e. The number of carbonyl (C=O) groups excluding carboxylic acids is 4. The normalized spacial score (nSPS) is 20.9. The molecule has 0 aromatic carbocycles. The van der Waals surface area contributed by atoms with Gasteiger partial charge in [-0.05, 0) is 92.8 Å². The molecule has 1 amide bonds. The average molecular weight is 1110 g/mol. The monoisotopic (exact) mass is 1110 g/mol. The van der Waals surface area contributed by atoms with Gasteiger partial charge in [0.25, 0.3) is 8.53 Å². The molecule has 1 aromatic heterocycles. The van der Waals surface area contributed by atoms with Crippen LogP contribution in [0, 0.1) is 0 Å². The molecule has 0 radical (unpaired) electrons. The Morgan fingerprint density at radius 1 is 0.890 bits per heavy atom. The highest BCUT2D eigenvalue weighted by Gasteiger charge is 2.56. The predicted octanol–water partition coefficient (Wildman–Crippen LogP) is 6.34. The van der Waals surface area contributed by atoms with Crippen LogP contribution in [-0.2, 0) is 64.5 Å². The summed E-state index contributed by atoms with van der Waals surface area (Å²) in [5.41, 5.74) is 5.08. The van der Waals surface area contributed by atoms with Gasteiger partial charge in [0.2, 0.25) is 0 Å². The van der Waals surface area contributed by atoms with E-state index in [2.05, 4.69) is 20.3 Å². The van der Waals surface area contributed by atoms with Crippen molar-refractivity contribution in [3.63, 3.8) is 0 Å². The van der Waals surface area contributed by atoms with Crippen molar-refractivity contribution in [3.8, 4) is 0 Å². The summed E-state index contributed by atoms with van der Waals surface area (Å²) in [7, 11) is -11.7. The Kier molecular flexibility index (Phi) is 28.5. The molecule has 1 aliphatic heterocycles. The first kappa shape index (κ1) is 64.6. The minimum absolute atomic E-state index is 0.0507. The van der Waals surface area contributed by atoms with Crippen LogP contribution in [0.25, 0.3) is 0 Å². The third-order valence-electron chi connectivity index (χ3n) is 11.3. The molecule has 23 nitrogen and oxygen atoms in total. The van der Waals surface area contributed by atoms with Gasteiger partial charge in [-0.2, -0.15) is 4.98 Å². The number of esters is 2. The van der Waals surface area contributed by atoms with E-state index in [9.17, 15) is 28.9 Å². The number of hydrogen-bond donors (Lipinski definition) is 4. The van der Waals surface area contributed by atoms with E-state index in [1.807, 2.05) is 71.9 Å². The molecule has 3 rings (SSSR count). The Morgan fingerprint density at radius 3 is 2.01 bits per heavy atom. The molecule has 420 valence electrons. The summed E-state index contributed by atoms with van der Waals surface area (Å²) in [6.07, 6.45) is 5.02. The lowest BCUT2D eigenvalue weighted by Crippen LogP contribution is -2.61. The molecule has 2 unspecified atom stereocenters. The van der Waals surface area contributed by atoms with Crippen LogP contribution < -0.4 is 22.0 Å². The zero-order chi connectivity index (χ0) is 54.4. The number of nitrogen functional groups attached to an aromatic ring is 1. The summed E-state index contributed by atoms with van der Waals surface area (Å²) in [5.74, 6) is -2.24. The lowest BCUT2D eigenvalue weighted by molar-refractivity contribution is -0.168. The largest absolute Gasteiger partial charge is 0.658 e. The van der Waals surface area contributed by atoms with Gasteiger partial charge < -0.3 is 61.2 Å². The number of alkyl carbamates (subject to hydrolysis) is 1. The smallest absolute Gasteiger partial charge is 0.438 e. The maximum absolute atomic E-state index is 13.7. The quantitative estimate of drug-likeness (QED) is 0.0130. The van der Waals surface area contributed by atoms with Gasteiger partial charge in [-0.25, -0.2) is 14.4 Å². The van der Waals surface area contributed by atoms with Gasteiger partial charge in [-0.1, -0.05) is 57.8 Å². The van der Waals surface area contributed by atoms with Crippen molar-refractivity contribution in [2.75, 3.05) is 45.4 Å². The molecule has 1 saturated heterocycles. The Morgan fingerprint density at radius 2 is 1.48 bits per heavy atom. The standard InChI is InChI=1S/C46H87N6O17PSi3/c1-33(2)52(34(3)4)32-61-50-70(58)66-41-39(31-62-73(68-71(7,8)9,69-72(10,11)12)67-37-22-20-18-16-14-13-15-17-19-21-23-37)64-43(51-26-24-40(47)49-45(51)56)42(41)65-46(57)48-25-27-59-28-29-60-38(30-35(5)53)44(55)63-36(6)54/h24,26,33-34,37-39,41-43,50,58H,13-23,25,27-32H2,1-12H3,(H,48,57)(H2,47,49,56)/t38?,39-,41-,42-,43-,70?/m1/s1. The van der Waals surface area contributed by atoms with Gasteiger partial charge in [0.05, 0.1) is 32.5 Å². The molecule has 1 aromatic rings. The summed E-state index contributed by atoms with van der Waals surface area (Å²) in [4.78, 5) is 85.6. The van der Waals surface area contributed by atoms with E-state index in [1.54, 1.807) is 0 Å². The zero-order valence-corrected chi connectivity index (χ0v) is 49.2. The van der Waals surface area contributed by atoms with E-state index in [1.165, 1.54) is 38.4 Å². The molecular formula is C46H87N6O17PSi3. The molecule has 1 aliphatic carbocycles. The van der Waals surface area contributed by atoms with E-state index in [0.717, 1.165) is 62.9 Å². The summed E-state index contributed by atoms with van der Waals surface area (Å²) in [6, 6.07) is 1.62. The summed E-state index contributed by atoms with van der Waals surface area (Å²) in [5, 5.41) is 5.20. The highest BCUT2D eigenvalue weighted by molar-refractivity contribution is 7.43. The van der Waals surface area contributed by atoms with Crippen LogP contribution in [0.5, 0.6) is 0 Å². The highest BCUT2D eigenvalue weighted by atomic mass is 31.2. The minimum Gasteiger partial charge on any atom is -0.438 e. The first-order valence-corrected chi connectivity index (χ1v) is 35.3. The molecular weight excluding hydrogens is 1020 g/mol. The Labute approximate surface area is 436 Å². The lowest BCUT2D eigenvalue weighted by atomic mass is 10.00. The number of nitrogens with zero attached hydrogens (tertiary/aromatic N) is 3. The number of ketones is 1. The fourth-order valence-corrected chi connectivity index (χ4v) is 17.3. The molecule has 1 saturated carbocycles. The maximum atomic E-state index is 13.7. The van der Waals surface area contributed by atoms with Crippen LogP contribution in [0.15, 0.2) is 17.1 Å². The number of nitrogens with one attached hydrogen (secondary N) is 2. The number of carbonyl (C=O) groups is 4. The molecule has 2 fully saturated rings. The molecule has 0 bridgehead atoms. The summed E-state index contributed by atoms with van der Waals surface area (Å²) in [6.45, 7) is 22.1. The number of anilines is 1. The van der Waals surface area contributed by atoms with Gasteiger partial charge in [-0.15, -0.1) is 5.25 Å².